The van der Waals surface area contributed by atoms with Crippen LogP contribution < -0.4 is 10.6 Å². The van der Waals surface area contributed by atoms with E-state index in [4.69, 9.17) is 0 Å². The zero-order valence-electron chi connectivity index (χ0n) is 10.6. The van der Waals surface area contributed by atoms with Crippen LogP contribution in [0.1, 0.15) is 22.3 Å². The van der Waals surface area contributed by atoms with E-state index in [0.717, 1.165) is 19.5 Å². The number of amides is 1. The molecular formula is C13H14F4N2O. The SMILES string of the molecule is O=C(NCC1CCNC1)c1cc(C(F)(F)F)ccc1F. The average Bonchev–Trinajstić information content (AvgIpc) is 2.88. The van der Waals surface area contributed by atoms with E-state index in [2.05, 4.69) is 10.6 Å². The summed E-state index contributed by atoms with van der Waals surface area (Å²) in [6, 6.07) is 1.82. The minimum atomic E-state index is -4.60. The molecule has 0 bridgehead atoms. The Morgan fingerprint density at radius 2 is 2.15 bits per heavy atom. The van der Waals surface area contributed by atoms with Crippen LogP contribution in [0.3, 0.4) is 0 Å². The van der Waals surface area contributed by atoms with Gasteiger partial charge in [0.1, 0.15) is 5.82 Å². The number of nitrogens with one attached hydrogen (secondary N) is 2. The van der Waals surface area contributed by atoms with Crippen molar-refractivity contribution in [3.8, 4) is 0 Å². The number of hydrogen-bond donors (Lipinski definition) is 2. The zero-order valence-corrected chi connectivity index (χ0v) is 10.6. The molecule has 1 saturated heterocycles. The number of carbonyl (C=O) groups is 1. The molecule has 110 valence electrons. The number of rotatable bonds is 3. The molecular weight excluding hydrogens is 276 g/mol. The van der Waals surface area contributed by atoms with E-state index < -0.39 is 29.0 Å². The molecule has 7 heteroatoms. The third-order valence-corrected chi connectivity index (χ3v) is 3.25. The molecule has 1 aromatic carbocycles. The molecule has 1 heterocycles. The van der Waals surface area contributed by atoms with Gasteiger partial charge in [-0.15, -0.1) is 0 Å². The van der Waals surface area contributed by atoms with Crippen molar-refractivity contribution in [3.63, 3.8) is 0 Å². The van der Waals surface area contributed by atoms with Gasteiger partial charge in [-0.3, -0.25) is 4.79 Å². The summed E-state index contributed by atoms with van der Waals surface area (Å²) in [5, 5.41) is 5.58. The molecule has 1 aliphatic heterocycles. The third-order valence-electron chi connectivity index (χ3n) is 3.25. The fourth-order valence-electron chi connectivity index (χ4n) is 2.10. The molecule has 2 N–H and O–H groups in total. The lowest BCUT2D eigenvalue weighted by Crippen LogP contribution is -2.31. The van der Waals surface area contributed by atoms with Gasteiger partial charge in [-0.25, -0.2) is 4.39 Å². The Kier molecular flexibility index (Phi) is 4.27. The van der Waals surface area contributed by atoms with Crippen LogP contribution in [0, 0.1) is 11.7 Å². The molecule has 0 radical (unpaired) electrons. The molecule has 1 aliphatic rings. The quantitative estimate of drug-likeness (QED) is 0.838. The van der Waals surface area contributed by atoms with E-state index >= 15 is 0 Å². The molecule has 20 heavy (non-hydrogen) atoms. The van der Waals surface area contributed by atoms with Gasteiger partial charge in [-0.2, -0.15) is 13.2 Å². The fraction of sp³-hybridized carbons (Fsp3) is 0.462. The van der Waals surface area contributed by atoms with Crippen LogP contribution in [-0.2, 0) is 6.18 Å². The maximum absolute atomic E-state index is 13.5. The summed E-state index contributed by atoms with van der Waals surface area (Å²) < 4.78 is 51.1. The van der Waals surface area contributed by atoms with E-state index in [0.29, 0.717) is 24.7 Å². The Balaban J connectivity index is 2.08. The van der Waals surface area contributed by atoms with Crippen molar-refractivity contribution < 1.29 is 22.4 Å². The lowest BCUT2D eigenvalue weighted by Gasteiger charge is -2.12. The molecule has 1 amide bonds. The molecule has 0 aromatic heterocycles. The Hall–Kier alpha value is -1.63. The van der Waals surface area contributed by atoms with Gasteiger partial charge in [0.05, 0.1) is 11.1 Å². The van der Waals surface area contributed by atoms with Crippen molar-refractivity contribution in [2.45, 2.75) is 12.6 Å². The maximum Gasteiger partial charge on any atom is 0.416 e. The summed E-state index contributed by atoms with van der Waals surface area (Å²) in [5.41, 5.74) is -1.61. The minimum Gasteiger partial charge on any atom is -0.352 e. The second-order valence-electron chi connectivity index (χ2n) is 4.76. The molecule has 1 aromatic rings. The predicted molar refractivity (Wildman–Crippen MR) is 64.7 cm³/mol. The van der Waals surface area contributed by atoms with Gasteiger partial charge >= 0.3 is 6.18 Å². The van der Waals surface area contributed by atoms with Crippen LogP contribution in [-0.4, -0.2) is 25.5 Å². The van der Waals surface area contributed by atoms with E-state index in [1.54, 1.807) is 0 Å². The van der Waals surface area contributed by atoms with Crippen LogP contribution in [0.15, 0.2) is 18.2 Å². The monoisotopic (exact) mass is 290 g/mol. The maximum atomic E-state index is 13.5. The largest absolute Gasteiger partial charge is 0.416 e. The lowest BCUT2D eigenvalue weighted by atomic mass is 10.1. The van der Waals surface area contributed by atoms with Crippen LogP contribution in [0.2, 0.25) is 0 Å². The van der Waals surface area contributed by atoms with Gasteiger partial charge in [0.25, 0.3) is 5.91 Å². The van der Waals surface area contributed by atoms with Gasteiger partial charge in [0, 0.05) is 6.54 Å². The van der Waals surface area contributed by atoms with Crippen molar-refractivity contribution in [3.05, 3.63) is 35.1 Å². The number of halogens is 4. The van der Waals surface area contributed by atoms with Crippen molar-refractivity contribution in [2.24, 2.45) is 5.92 Å². The van der Waals surface area contributed by atoms with Gasteiger partial charge in [-0.1, -0.05) is 0 Å². The number of hydrogen-bond acceptors (Lipinski definition) is 2. The standard InChI is InChI=1S/C13H14F4N2O/c14-11-2-1-9(13(15,16)17)5-10(11)12(20)19-7-8-3-4-18-6-8/h1-2,5,8,18H,3-4,6-7H2,(H,19,20). The molecule has 1 fully saturated rings. The molecule has 0 saturated carbocycles. The van der Waals surface area contributed by atoms with Gasteiger partial charge in [-0.05, 0) is 43.6 Å². The first-order valence-corrected chi connectivity index (χ1v) is 6.23. The molecule has 0 aliphatic carbocycles. The summed E-state index contributed by atoms with van der Waals surface area (Å²) in [7, 11) is 0. The van der Waals surface area contributed by atoms with Crippen molar-refractivity contribution in [2.75, 3.05) is 19.6 Å². The summed E-state index contributed by atoms with van der Waals surface area (Å²) in [4.78, 5) is 11.8. The van der Waals surface area contributed by atoms with Gasteiger partial charge in [0.2, 0.25) is 0 Å². The fourth-order valence-corrected chi connectivity index (χ4v) is 2.10. The van der Waals surface area contributed by atoms with Gasteiger partial charge < -0.3 is 10.6 Å². The topological polar surface area (TPSA) is 41.1 Å². The van der Waals surface area contributed by atoms with Gasteiger partial charge in [0.15, 0.2) is 0 Å². The Labute approximate surface area is 113 Å². The van der Waals surface area contributed by atoms with E-state index in [-0.39, 0.29) is 5.92 Å². The van der Waals surface area contributed by atoms with E-state index in [9.17, 15) is 22.4 Å². The Morgan fingerprint density at radius 3 is 2.75 bits per heavy atom. The van der Waals surface area contributed by atoms with E-state index in [1.165, 1.54) is 0 Å². The van der Waals surface area contributed by atoms with Crippen LogP contribution in [0.4, 0.5) is 17.6 Å². The predicted octanol–water partition coefficient (Wildman–Crippen LogP) is 2.18. The van der Waals surface area contributed by atoms with Crippen molar-refractivity contribution >= 4 is 5.91 Å². The third kappa shape index (κ3) is 3.47. The number of alkyl halides is 3. The summed E-state index contributed by atoms with van der Waals surface area (Å²) >= 11 is 0. The highest BCUT2D eigenvalue weighted by Gasteiger charge is 2.32. The first kappa shape index (κ1) is 14.8. The van der Waals surface area contributed by atoms with Crippen molar-refractivity contribution in [1.29, 1.82) is 0 Å². The first-order chi connectivity index (χ1) is 9.38. The van der Waals surface area contributed by atoms with Crippen LogP contribution >= 0.6 is 0 Å². The Bertz CT molecular complexity index is 496. The first-order valence-electron chi connectivity index (χ1n) is 6.23. The minimum absolute atomic E-state index is 0.229. The summed E-state index contributed by atoms with van der Waals surface area (Å²) in [6.07, 6.45) is -3.72. The second-order valence-corrected chi connectivity index (χ2v) is 4.76. The molecule has 1 unspecified atom stereocenters. The van der Waals surface area contributed by atoms with Crippen molar-refractivity contribution in [1.82, 2.24) is 10.6 Å². The molecule has 3 nitrogen and oxygen atoms in total. The highest BCUT2D eigenvalue weighted by molar-refractivity contribution is 5.94. The zero-order chi connectivity index (χ0) is 14.8. The highest BCUT2D eigenvalue weighted by Crippen LogP contribution is 2.30. The summed E-state index contributed by atoms with van der Waals surface area (Å²) in [5.74, 6) is -1.55. The molecule has 2 rings (SSSR count). The number of benzene rings is 1. The molecule has 0 spiro atoms. The summed E-state index contributed by atoms with van der Waals surface area (Å²) in [6.45, 7) is 1.91. The average molecular weight is 290 g/mol. The lowest BCUT2D eigenvalue weighted by molar-refractivity contribution is -0.137. The smallest absolute Gasteiger partial charge is 0.352 e. The molecule has 1 atom stereocenters. The van der Waals surface area contributed by atoms with E-state index in [1.807, 2.05) is 0 Å². The number of carbonyl (C=O) groups excluding carboxylic acids is 1. The Morgan fingerprint density at radius 1 is 1.40 bits per heavy atom. The van der Waals surface area contributed by atoms with Crippen LogP contribution in [0.5, 0.6) is 0 Å². The van der Waals surface area contributed by atoms with Crippen LogP contribution in [0.25, 0.3) is 0 Å². The normalized spacial score (nSPS) is 19.1. The second kappa shape index (κ2) is 5.78. The highest BCUT2D eigenvalue weighted by atomic mass is 19.4.